The van der Waals surface area contributed by atoms with E-state index in [1.54, 1.807) is 7.11 Å². The summed E-state index contributed by atoms with van der Waals surface area (Å²) < 4.78 is 5.22. The van der Waals surface area contributed by atoms with Gasteiger partial charge in [0.05, 0.1) is 7.11 Å². The largest absolute Gasteiger partial charge is 0.497 e. The fraction of sp³-hybridized carbons (Fsp3) is 0.562. The molecular formula is C16H25ClN2O2. The third-order valence-electron chi connectivity index (χ3n) is 3.82. The van der Waals surface area contributed by atoms with Crippen molar-refractivity contribution in [2.45, 2.75) is 38.1 Å². The molecule has 4 nitrogen and oxygen atoms in total. The van der Waals surface area contributed by atoms with E-state index in [4.69, 9.17) is 4.74 Å². The molecule has 0 radical (unpaired) electrons. The molecule has 0 aromatic heterocycles. The van der Waals surface area contributed by atoms with E-state index in [0.717, 1.165) is 37.2 Å². The molecule has 1 saturated heterocycles. The first-order valence-corrected chi connectivity index (χ1v) is 7.33. The third-order valence-corrected chi connectivity index (χ3v) is 3.82. The molecule has 1 fully saturated rings. The molecule has 0 aliphatic carbocycles. The molecule has 2 atom stereocenters. The van der Waals surface area contributed by atoms with Crippen LogP contribution in [-0.4, -0.2) is 32.1 Å². The minimum atomic E-state index is 0. The molecule has 1 heterocycles. The minimum absolute atomic E-state index is 0. The number of carbonyl (C=O) groups excluding carboxylic acids is 1. The van der Waals surface area contributed by atoms with Crippen LogP contribution in [0.2, 0.25) is 0 Å². The van der Waals surface area contributed by atoms with E-state index in [9.17, 15) is 4.79 Å². The lowest BCUT2D eigenvalue weighted by Gasteiger charge is -2.24. The van der Waals surface area contributed by atoms with Gasteiger partial charge in [0.2, 0.25) is 5.91 Å². The molecule has 1 aliphatic heterocycles. The summed E-state index contributed by atoms with van der Waals surface area (Å²) in [4.78, 5) is 12.1. The van der Waals surface area contributed by atoms with Gasteiger partial charge in [0.1, 0.15) is 5.75 Å². The Labute approximate surface area is 133 Å². The van der Waals surface area contributed by atoms with Crippen molar-refractivity contribution in [3.63, 3.8) is 0 Å². The molecule has 0 spiro atoms. The van der Waals surface area contributed by atoms with E-state index in [-0.39, 0.29) is 30.3 Å². The van der Waals surface area contributed by atoms with Crippen LogP contribution in [0.3, 0.4) is 0 Å². The van der Waals surface area contributed by atoms with Gasteiger partial charge >= 0.3 is 0 Å². The number of piperidine rings is 1. The number of ether oxygens (including phenoxy) is 1. The van der Waals surface area contributed by atoms with Crippen LogP contribution in [0.5, 0.6) is 5.75 Å². The van der Waals surface area contributed by atoms with Gasteiger partial charge < -0.3 is 15.4 Å². The molecule has 1 amide bonds. The standard InChI is InChI=1S/C16H24N2O2.ClH/c1-12(13-5-3-7-15(10-13)20-2)9-16(19)18-14-6-4-8-17-11-14;/h3,5,7,10,12,14,17H,4,6,8-9,11H2,1-2H3,(H,18,19);1H/t12?,14-;/m0./s1. The fourth-order valence-corrected chi connectivity index (χ4v) is 2.61. The summed E-state index contributed by atoms with van der Waals surface area (Å²) in [5.41, 5.74) is 1.14. The second-order valence-electron chi connectivity index (χ2n) is 5.49. The topological polar surface area (TPSA) is 50.4 Å². The minimum Gasteiger partial charge on any atom is -0.497 e. The highest BCUT2D eigenvalue weighted by Gasteiger charge is 2.17. The molecular weight excluding hydrogens is 288 g/mol. The third kappa shape index (κ3) is 5.56. The van der Waals surface area contributed by atoms with Crippen LogP contribution < -0.4 is 15.4 Å². The highest BCUT2D eigenvalue weighted by molar-refractivity contribution is 5.85. The lowest BCUT2D eigenvalue weighted by Crippen LogP contribution is -2.45. The Morgan fingerprint density at radius 2 is 2.33 bits per heavy atom. The zero-order valence-electron chi connectivity index (χ0n) is 12.7. The number of halogens is 1. The fourth-order valence-electron chi connectivity index (χ4n) is 2.61. The van der Waals surface area contributed by atoms with Gasteiger partial charge in [-0.25, -0.2) is 0 Å². The summed E-state index contributed by atoms with van der Waals surface area (Å²) in [5, 5.41) is 6.42. The second-order valence-corrected chi connectivity index (χ2v) is 5.49. The molecule has 21 heavy (non-hydrogen) atoms. The summed E-state index contributed by atoms with van der Waals surface area (Å²) >= 11 is 0. The highest BCUT2D eigenvalue weighted by atomic mass is 35.5. The first-order chi connectivity index (χ1) is 9.69. The van der Waals surface area contributed by atoms with Gasteiger partial charge in [-0.2, -0.15) is 0 Å². The quantitative estimate of drug-likeness (QED) is 0.878. The Morgan fingerprint density at radius 3 is 3.00 bits per heavy atom. The van der Waals surface area contributed by atoms with E-state index in [0.29, 0.717) is 6.42 Å². The van der Waals surface area contributed by atoms with Gasteiger partial charge in [0, 0.05) is 19.0 Å². The second kappa shape index (κ2) is 8.90. The van der Waals surface area contributed by atoms with Gasteiger partial charge in [0.15, 0.2) is 0 Å². The summed E-state index contributed by atoms with van der Waals surface area (Å²) in [6, 6.07) is 8.22. The Hall–Kier alpha value is -1.26. The normalized spacial score (nSPS) is 19.2. The van der Waals surface area contributed by atoms with Crippen molar-refractivity contribution < 1.29 is 9.53 Å². The highest BCUT2D eigenvalue weighted by Crippen LogP contribution is 2.23. The predicted molar refractivity (Wildman–Crippen MR) is 87.3 cm³/mol. The van der Waals surface area contributed by atoms with Crippen LogP contribution in [0.25, 0.3) is 0 Å². The van der Waals surface area contributed by atoms with Crippen LogP contribution in [0.1, 0.15) is 37.7 Å². The van der Waals surface area contributed by atoms with Gasteiger partial charge in [-0.05, 0) is 43.0 Å². The maximum absolute atomic E-state index is 12.1. The van der Waals surface area contributed by atoms with Crippen molar-refractivity contribution in [1.82, 2.24) is 10.6 Å². The van der Waals surface area contributed by atoms with E-state index in [1.807, 2.05) is 24.3 Å². The van der Waals surface area contributed by atoms with Gasteiger partial charge in [-0.3, -0.25) is 4.79 Å². The molecule has 118 valence electrons. The zero-order valence-corrected chi connectivity index (χ0v) is 13.5. The van der Waals surface area contributed by atoms with Crippen LogP contribution in [-0.2, 0) is 4.79 Å². The Balaban J connectivity index is 0.00000220. The monoisotopic (exact) mass is 312 g/mol. The molecule has 1 aliphatic rings. The number of amides is 1. The van der Waals surface area contributed by atoms with E-state index < -0.39 is 0 Å². The lowest BCUT2D eigenvalue weighted by atomic mass is 9.97. The smallest absolute Gasteiger partial charge is 0.220 e. The molecule has 0 bridgehead atoms. The van der Waals surface area contributed by atoms with Crippen molar-refractivity contribution in [2.24, 2.45) is 0 Å². The van der Waals surface area contributed by atoms with Crippen molar-refractivity contribution in [3.8, 4) is 5.75 Å². The van der Waals surface area contributed by atoms with Gasteiger partial charge in [-0.15, -0.1) is 12.4 Å². The summed E-state index contributed by atoms with van der Waals surface area (Å²) in [5.74, 6) is 1.17. The van der Waals surface area contributed by atoms with Crippen molar-refractivity contribution in [2.75, 3.05) is 20.2 Å². The number of benzene rings is 1. The number of hydrogen-bond acceptors (Lipinski definition) is 3. The summed E-state index contributed by atoms with van der Waals surface area (Å²) in [6.07, 6.45) is 2.73. The van der Waals surface area contributed by atoms with Crippen LogP contribution in [0, 0.1) is 0 Å². The predicted octanol–water partition coefficient (Wildman–Crippen LogP) is 2.48. The molecule has 2 N–H and O–H groups in total. The first-order valence-electron chi connectivity index (χ1n) is 7.33. The first kappa shape index (κ1) is 17.8. The number of nitrogens with one attached hydrogen (secondary N) is 2. The number of rotatable bonds is 5. The van der Waals surface area contributed by atoms with Gasteiger partial charge in [-0.1, -0.05) is 19.1 Å². The lowest BCUT2D eigenvalue weighted by molar-refractivity contribution is -0.122. The molecule has 5 heteroatoms. The SMILES string of the molecule is COc1cccc(C(C)CC(=O)N[C@H]2CCCNC2)c1.Cl. The maximum atomic E-state index is 12.1. The van der Waals surface area contributed by atoms with E-state index in [1.165, 1.54) is 0 Å². The number of hydrogen-bond donors (Lipinski definition) is 2. The maximum Gasteiger partial charge on any atom is 0.220 e. The van der Waals surface area contributed by atoms with Gasteiger partial charge in [0.25, 0.3) is 0 Å². The van der Waals surface area contributed by atoms with Crippen LogP contribution >= 0.6 is 12.4 Å². The van der Waals surface area contributed by atoms with Crippen LogP contribution in [0.15, 0.2) is 24.3 Å². The van der Waals surface area contributed by atoms with E-state index in [2.05, 4.69) is 17.6 Å². The molecule has 2 rings (SSSR count). The van der Waals surface area contributed by atoms with Crippen molar-refractivity contribution in [1.29, 1.82) is 0 Å². The number of carbonyl (C=O) groups is 1. The molecule has 1 aromatic carbocycles. The zero-order chi connectivity index (χ0) is 14.4. The summed E-state index contributed by atoms with van der Waals surface area (Å²) in [6.45, 7) is 4.03. The average molecular weight is 313 g/mol. The number of methoxy groups -OCH3 is 1. The van der Waals surface area contributed by atoms with Crippen LogP contribution in [0.4, 0.5) is 0 Å². The molecule has 1 unspecified atom stereocenters. The summed E-state index contributed by atoms with van der Waals surface area (Å²) in [7, 11) is 1.66. The molecule has 1 aromatic rings. The van der Waals surface area contributed by atoms with Crippen molar-refractivity contribution in [3.05, 3.63) is 29.8 Å². The molecule has 0 saturated carbocycles. The Kier molecular flexibility index (Phi) is 7.54. The van der Waals surface area contributed by atoms with Crippen molar-refractivity contribution >= 4 is 18.3 Å². The van der Waals surface area contributed by atoms with E-state index >= 15 is 0 Å². The average Bonchev–Trinajstić information content (AvgIpc) is 2.48. The Morgan fingerprint density at radius 1 is 1.52 bits per heavy atom. The Bertz CT molecular complexity index is 448.